The SMILES string of the molecule is Cc1ccc(N)c(NCC2CCN(C)CC2)c1. The normalized spacial score (nSPS) is 18.2. The van der Waals surface area contributed by atoms with Crippen molar-refractivity contribution in [2.75, 3.05) is 37.7 Å². The highest BCUT2D eigenvalue weighted by Gasteiger charge is 2.16. The third-order valence-electron chi connectivity index (χ3n) is 3.63. The fourth-order valence-electron chi connectivity index (χ4n) is 2.34. The summed E-state index contributed by atoms with van der Waals surface area (Å²) >= 11 is 0. The van der Waals surface area contributed by atoms with E-state index in [9.17, 15) is 0 Å². The molecular weight excluding hydrogens is 210 g/mol. The summed E-state index contributed by atoms with van der Waals surface area (Å²) in [5.74, 6) is 0.783. The number of hydrogen-bond donors (Lipinski definition) is 2. The van der Waals surface area contributed by atoms with Crippen molar-refractivity contribution >= 4 is 11.4 Å². The van der Waals surface area contributed by atoms with Gasteiger partial charge in [-0.3, -0.25) is 0 Å². The first-order valence-corrected chi connectivity index (χ1v) is 6.43. The van der Waals surface area contributed by atoms with Crippen molar-refractivity contribution in [3.8, 4) is 0 Å². The minimum Gasteiger partial charge on any atom is -0.397 e. The van der Waals surface area contributed by atoms with Gasteiger partial charge in [0.1, 0.15) is 0 Å². The Kier molecular flexibility index (Phi) is 3.89. The molecule has 3 heteroatoms. The van der Waals surface area contributed by atoms with Gasteiger partial charge in [0, 0.05) is 6.54 Å². The first kappa shape index (κ1) is 12.2. The van der Waals surface area contributed by atoms with E-state index in [-0.39, 0.29) is 0 Å². The van der Waals surface area contributed by atoms with Crippen molar-refractivity contribution in [1.29, 1.82) is 0 Å². The quantitative estimate of drug-likeness (QED) is 0.787. The van der Waals surface area contributed by atoms with Crippen LogP contribution in [0.5, 0.6) is 0 Å². The molecular formula is C14H23N3. The molecule has 0 unspecified atom stereocenters. The lowest BCUT2D eigenvalue weighted by atomic mass is 9.97. The third-order valence-corrected chi connectivity index (χ3v) is 3.63. The van der Waals surface area contributed by atoms with Crippen molar-refractivity contribution in [3.63, 3.8) is 0 Å². The van der Waals surface area contributed by atoms with Gasteiger partial charge in [-0.2, -0.15) is 0 Å². The van der Waals surface area contributed by atoms with Crippen LogP contribution in [0.2, 0.25) is 0 Å². The van der Waals surface area contributed by atoms with Crippen LogP contribution in [-0.2, 0) is 0 Å². The highest BCUT2D eigenvalue weighted by molar-refractivity contribution is 5.66. The van der Waals surface area contributed by atoms with E-state index in [2.05, 4.69) is 36.3 Å². The van der Waals surface area contributed by atoms with Crippen LogP contribution in [0.3, 0.4) is 0 Å². The summed E-state index contributed by atoms with van der Waals surface area (Å²) in [6.45, 7) is 5.58. The molecule has 0 spiro atoms. The van der Waals surface area contributed by atoms with Crippen LogP contribution in [0.25, 0.3) is 0 Å². The fraction of sp³-hybridized carbons (Fsp3) is 0.571. The van der Waals surface area contributed by atoms with E-state index < -0.39 is 0 Å². The predicted octanol–water partition coefficient (Wildman–Crippen LogP) is 2.33. The molecule has 94 valence electrons. The van der Waals surface area contributed by atoms with Crippen molar-refractivity contribution in [2.24, 2.45) is 5.92 Å². The predicted molar refractivity (Wildman–Crippen MR) is 74.3 cm³/mol. The highest BCUT2D eigenvalue weighted by atomic mass is 15.1. The van der Waals surface area contributed by atoms with Crippen LogP contribution < -0.4 is 11.1 Å². The topological polar surface area (TPSA) is 41.3 Å². The second kappa shape index (κ2) is 5.41. The first-order chi connectivity index (χ1) is 8.15. The van der Waals surface area contributed by atoms with Crippen molar-refractivity contribution in [3.05, 3.63) is 23.8 Å². The number of aryl methyl sites for hydroxylation is 1. The molecule has 0 aliphatic carbocycles. The van der Waals surface area contributed by atoms with E-state index in [4.69, 9.17) is 5.73 Å². The van der Waals surface area contributed by atoms with Gasteiger partial charge in [-0.05, 0) is 63.5 Å². The van der Waals surface area contributed by atoms with Crippen LogP contribution >= 0.6 is 0 Å². The Bertz CT molecular complexity index is 368. The molecule has 1 aromatic rings. The summed E-state index contributed by atoms with van der Waals surface area (Å²) in [6, 6.07) is 6.16. The molecule has 0 radical (unpaired) electrons. The maximum atomic E-state index is 5.96. The Balaban J connectivity index is 1.87. The van der Waals surface area contributed by atoms with Crippen LogP contribution in [-0.4, -0.2) is 31.6 Å². The number of hydrogen-bond acceptors (Lipinski definition) is 3. The van der Waals surface area contributed by atoms with Gasteiger partial charge < -0.3 is 16.0 Å². The van der Waals surface area contributed by atoms with E-state index >= 15 is 0 Å². The number of rotatable bonds is 3. The van der Waals surface area contributed by atoms with Crippen LogP contribution in [0.15, 0.2) is 18.2 Å². The number of piperidine rings is 1. The van der Waals surface area contributed by atoms with Crippen LogP contribution in [0, 0.1) is 12.8 Å². The number of nitrogens with two attached hydrogens (primary N) is 1. The number of anilines is 2. The van der Waals surface area contributed by atoms with Gasteiger partial charge >= 0.3 is 0 Å². The zero-order valence-electron chi connectivity index (χ0n) is 10.9. The minimum absolute atomic E-state index is 0.783. The molecule has 0 aromatic heterocycles. The molecule has 1 aliphatic heterocycles. The van der Waals surface area contributed by atoms with E-state index in [0.717, 1.165) is 23.8 Å². The lowest BCUT2D eigenvalue weighted by Gasteiger charge is -2.29. The lowest BCUT2D eigenvalue weighted by Crippen LogP contribution is -2.33. The van der Waals surface area contributed by atoms with Gasteiger partial charge in [0.05, 0.1) is 11.4 Å². The summed E-state index contributed by atoms with van der Waals surface area (Å²) in [5.41, 5.74) is 9.15. The molecule has 2 rings (SSSR count). The van der Waals surface area contributed by atoms with Gasteiger partial charge in [-0.15, -0.1) is 0 Å². The van der Waals surface area contributed by atoms with E-state index in [0.29, 0.717) is 0 Å². The summed E-state index contributed by atoms with van der Waals surface area (Å²) in [4.78, 5) is 2.40. The maximum absolute atomic E-state index is 5.96. The largest absolute Gasteiger partial charge is 0.397 e. The zero-order chi connectivity index (χ0) is 12.3. The average molecular weight is 233 g/mol. The standard InChI is InChI=1S/C14H23N3/c1-11-3-4-13(15)14(9-11)16-10-12-5-7-17(2)8-6-12/h3-4,9,12,16H,5-8,10,15H2,1-2H3. The van der Waals surface area contributed by atoms with Crippen molar-refractivity contribution < 1.29 is 0 Å². The number of nitrogen functional groups attached to an aromatic ring is 1. The summed E-state index contributed by atoms with van der Waals surface area (Å²) in [6.07, 6.45) is 2.57. The molecule has 1 aromatic carbocycles. The Morgan fingerprint density at radius 2 is 2.06 bits per heavy atom. The summed E-state index contributed by atoms with van der Waals surface area (Å²) in [7, 11) is 2.20. The van der Waals surface area contributed by atoms with Crippen molar-refractivity contribution in [2.45, 2.75) is 19.8 Å². The third kappa shape index (κ3) is 3.37. The molecule has 3 nitrogen and oxygen atoms in total. The Morgan fingerprint density at radius 3 is 2.76 bits per heavy atom. The molecule has 1 aliphatic rings. The van der Waals surface area contributed by atoms with Crippen LogP contribution in [0.4, 0.5) is 11.4 Å². The van der Waals surface area contributed by atoms with E-state index in [1.54, 1.807) is 0 Å². The minimum atomic E-state index is 0.783. The average Bonchev–Trinajstić information content (AvgIpc) is 2.32. The van der Waals surface area contributed by atoms with Gasteiger partial charge in [0.25, 0.3) is 0 Å². The second-order valence-corrected chi connectivity index (χ2v) is 5.22. The smallest absolute Gasteiger partial charge is 0.0576 e. The molecule has 1 heterocycles. The van der Waals surface area contributed by atoms with Gasteiger partial charge in [-0.1, -0.05) is 6.07 Å². The highest BCUT2D eigenvalue weighted by Crippen LogP contribution is 2.22. The second-order valence-electron chi connectivity index (χ2n) is 5.22. The molecule has 0 amide bonds. The summed E-state index contributed by atoms with van der Waals surface area (Å²) in [5, 5.41) is 3.49. The number of nitrogens with zero attached hydrogens (tertiary/aromatic N) is 1. The molecule has 1 saturated heterocycles. The molecule has 3 N–H and O–H groups in total. The Labute approximate surface area is 104 Å². The number of nitrogens with one attached hydrogen (secondary N) is 1. The Hall–Kier alpha value is -1.22. The molecule has 17 heavy (non-hydrogen) atoms. The number of likely N-dealkylation sites (tertiary alicyclic amines) is 1. The maximum Gasteiger partial charge on any atom is 0.0576 e. The molecule has 1 fully saturated rings. The van der Waals surface area contributed by atoms with Crippen LogP contribution in [0.1, 0.15) is 18.4 Å². The van der Waals surface area contributed by atoms with Gasteiger partial charge in [0.2, 0.25) is 0 Å². The van der Waals surface area contributed by atoms with E-state index in [1.807, 2.05) is 6.07 Å². The fourth-order valence-corrected chi connectivity index (χ4v) is 2.34. The van der Waals surface area contributed by atoms with Crippen molar-refractivity contribution in [1.82, 2.24) is 4.90 Å². The molecule has 0 atom stereocenters. The van der Waals surface area contributed by atoms with Gasteiger partial charge in [0.15, 0.2) is 0 Å². The van der Waals surface area contributed by atoms with Gasteiger partial charge in [-0.25, -0.2) is 0 Å². The molecule has 0 saturated carbocycles. The first-order valence-electron chi connectivity index (χ1n) is 6.43. The zero-order valence-corrected chi connectivity index (χ0v) is 10.9. The monoisotopic (exact) mass is 233 g/mol. The summed E-state index contributed by atoms with van der Waals surface area (Å²) < 4.78 is 0. The van der Waals surface area contributed by atoms with E-state index in [1.165, 1.54) is 31.5 Å². The number of benzene rings is 1. The molecule has 0 bridgehead atoms. The lowest BCUT2D eigenvalue weighted by molar-refractivity contribution is 0.226. The Morgan fingerprint density at radius 1 is 1.35 bits per heavy atom.